The van der Waals surface area contributed by atoms with Crippen molar-refractivity contribution in [3.05, 3.63) is 30.1 Å². The van der Waals surface area contributed by atoms with Gasteiger partial charge in [-0.25, -0.2) is 0 Å². The molecule has 15 heavy (non-hydrogen) atoms. The lowest BCUT2D eigenvalue weighted by Crippen LogP contribution is -2.27. The van der Waals surface area contributed by atoms with E-state index in [1.54, 1.807) is 6.20 Å². The van der Waals surface area contributed by atoms with E-state index in [9.17, 15) is 0 Å². The first-order chi connectivity index (χ1) is 7.27. The van der Waals surface area contributed by atoms with Gasteiger partial charge in [0.2, 0.25) is 0 Å². The van der Waals surface area contributed by atoms with E-state index < -0.39 is 0 Å². The summed E-state index contributed by atoms with van der Waals surface area (Å²) >= 11 is 6.35. The van der Waals surface area contributed by atoms with E-state index in [0.717, 1.165) is 25.1 Å². The highest BCUT2D eigenvalue weighted by molar-refractivity contribution is 6.21. The van der Waals surface area contributed by atoms with Crippen molar-refractivity contribution in [1.82, 2.24) is 4.98 Å². The Labute approximate surface area is 95.6 Å². The quantitative estimate of drug-likeness (QED) is 0.738. The fourth-order valence-electron chi connectivity index (χ4n) is 2.01. The van der Waals surface area contributed by atoms with Crippen molar-refractivity contribution in [2.45, 2.75) is 31.2 Å². The highest BCUT2D eigenvalue weighted by atomic mass is 35.5. The lowest BCUT2D eigenvalue weighted by molar-refractivity contribution is 0.0901. The Hall–Kier alpha value is -0.600. The van der Waals surface area contributed by atoms with Gasteiger partial charge in [0.1, 0.15) is 0 Å². The van der Waals surface area contributed by atoms with Crippen molar-refractivity contribution in [2.24, 2.45) is 5.92 Å². The largest absolute Gasteiger partial charge is 0.376 e. The standard InChI is InChI=1S/C12H16ClNO/c1-9-5-7-15-12(9)11(13)8-10-4-2-3-6-14-10/h2-4,6,9,11-12H,5,7-8H2,1H3. The molecule has 82 valence electrons. The highest BCUT2D eigenvalue weighted by Gasteiger charge is 2.30. The minimum absolute atomic E-state index is 0.0393. The third-order valence-corrected chi connectivity index (χ3v) is 3.33. The summed E-state index contributed by atoms with van der Waals surface area (Å²) in [6.07, 6.45) is 3.90. The van der Waals surface area contributed by atoms with Crippen molar-refractivity contribution in [1.29, 1.82) is 0 Å². The Morgan fingerprint density at radius 3 is 3.07 bits per heavy atom. The summed E-state index contributed by atoms with van der Waals surface area (Å²) in [7, 11) is 0. The van der Waals surface area contributed by atoms with Crippen LogP contribution < -0.4 is 0 Å². The first-order valence-electron chi connectivity index (χ1n) is 5.43. The molecule has 0 bridgehead atoms. The maximum absolute atomic E-state index is 6.35. The molecule has 1 fully saturated rings. The van der Waals surface area contributed by atoms with E-state index in [4.69, 9.17) is 16.3 Å². The van der Waals surface area contributed by atoms with E-state index in [-0.39, 0.29) is 11.5 Å². The minimum Gasteiger partial charge on any atom is -0.376 e. The number of alkyl halides is 1. The lowest BCUT2D eigenvalue weighted by Gasteiger charge is -2.20. The third kappa shape index (κ3) is 2.70. The number of pyridine rings is 1. The molecule has 1 aromatic rings. The second-order valence-electron chi connectivity index (χ2n) is 4.14. The Balaban J connectivity index is 1.94. The number of rotatable bonds is 3. The monoisotopic (exact) mass is 225 g/mol. The van der Waals surface area contributed by atoms with Crippen LogP contribution in [0.2, 0.25) is 0 Å². The van der Waals surface area contributed by atoms with Crippen LogP contribution in [-0.4, -0.2) is 23.1 Å². The van der Waals surface area contributed by atoms with Crippen LogP contribution in [0.1, 0.15) is 19.0 Å². The number of nitrogens with zero attached hydrogens (tertiary/aromatic N) is 1. The summed E-state index contributed by atoms with van der Waals surface area (Å²) in [6, 6.07) is 5.92. The molecule has 2 nitrogen and oxygen atoms in total. The van der Waals surface area contributed by atoms with Gasteiger partial charge < -0.3 is 4.74 Å². The van der Waals surface area contributed by atoms with Crippen molar-refractivity contribution >= 4 is 11.6 Å². The predicted octanol–water partition coefficient (Wildman–Crippen LogP) is 2.66. The summed E-state index contributed by atoms with van der Waals surface area (Å²) in [6.45, 7) is 3.04. The molecule has 3 atom stereocenters. The lowest BCUT2D eigenvalue weighted by atomic mass is 9.99. The zero-order valence-corrected chi connectivity index (χ0v) is 9.65. The molecule has 3 unspecified atom stereocenters. The molecular formula is C12H16ClNO. The molecule has 0 amide bonds. The normalized spacial score (nSPS) is 27.9. The van der Waals surface area contributed by atoms with Crippen LogP contribution in [0.4, 0.5) is 0 Å². The van der Waals surface area contributed by atoms with Gasteiger partial charge in [-0.05, 0) is 24.5 Å². The zero-order valence-electron chi connectivity index (χ0n) is 8.90. The van der Waals surface area contributed by atoms with Crippen LogP contribution in [0.25, 0.3) is 0 Å². The molecule has 1 aromatic heterocycles. The van der Waals surface area contributed by atoms with Gasteiger partial charge >= 0.3 is 0 Å². The van der Waals surface area contributed by atoms with E-state index in [0.29, 0.717) is 5.92 Å². The molecule has 0 radical (unpaired) electrons. The molecule has 0 N–H and O–H groups in total. The van der Waals surface area contributed by atoms with Gasteiger partial charge in [-0.1, -0.05) is 13.0 Å². The highest BCUT2D eigenvalue weighted by Crippen LogP contribution is 2.27. The van der Waals surface area contributed by atoms with Gasteiger partial charge in [-0.2, -0.15) is 0 Å². The Morgan fingerprint density at radius 1 is 1.60 bits per heavy atom. The van der Waals surface area contributed by atoms with Crippen LogP contribution >= 0.6 is 11.6 Å². The molecule has 3 heteroatoms. The van der Waals surface area contributed by atoms with Crippen LogP contribution in [0.5, 0.6) is 0 Å². The zero-order chi connectivity index (χ0) is 10.7. The fraction of sp³-hybridized carbons (Fsp3) is 0.583. The van der Waals surface area contributed by atoms with Crippen molar-refractivity contribution in [3.63, 3.8) is 0 Å². The first-order valence-corrected chi connectivity index (χ1v) is 5.86. The predicted molar refractivity (Wildman–Crippen MR) is 61.1 cm³/mol. The van der Waals surface area contributed by atoms with Gasteiger partial charge in [-0.15, -0.1) is 11.6 Å². The summed E-state index contributed by atoms with van der Waals surface area (Å²) in [5.74, 6) is 0.566. The van der Waals surface area contributed by atoms with Gasteiger partial charge in [0.05, 0.1) is 11.5 Å². The molecule has 0 spiro atoms. The molecule has 1 aliphatic rings. The Morgan fingerprint density at radius 2 is 2.47 bits per heavy atom. The molecule has 1 aliphatic heterocycles. The number of hydrogen-bond donors (Lipinski definition) is 0. The number of halogens is 1. The van der Waals surface area contributed by atoms with E-state index in [1.807, 2.05) is 18.2 Å². The summed E-state index contributed by atoms with van der Waals surface area (Å²) < 4.78 is 5.64. The van der Waals surface area contributed by atoms with Crippen LogP contribution in [0.3, 0.4) is 0 Å². The minimum atomic E-state index is 0.0393. The number of aromatic nitrogens is 1. The Kier molecular flexibility index (Phi) is 3.60. The molecule has 2 heterocycles. The topological polar surface area (TPSA) is 22.1 Å². The molecule has 0 aliphatic carbocycles. The smallest absolute Gasteiger partial charge is 0.0768 e. The summed E-state index contributed by atoms with van der Waals surface area (Å²) in [5.41, 5.74) is 1.04. The Bertz CT molecular complexity index is 304. The maximum Gasteiger partial charge on any atom is 0.0768 e. The van der Waals surface area contributed by atoms with Crippen LogP contribution in [0, 0.1) is 5.92 Å². The van der Waals surface area contributed by atoms with Gasteiger partial charge in [0.25, 0.3) is 0 Å². The maximum atomic E-state index is 6.35. The van der Waals surface area contributed by atoms with Crippen molar-refractivity contribution in [2.75, 3.05) is 6.61 Å². The van der Waals surface area contributed by atoms with Crippen molar-refractivity contribution in [3.8, 4) is 0 Å². The summed E-state index contributed by atoms with van der Waals surface area (Å²) in [4.78, 5) is 4.28. The third-order valence-electron chi connectivity index (χ3n) is 2.93. The number of hydrogen-bond acceptors (Lipinski definition) is 2. The molecule has 0 aromatic carbocycles. The second kappa shape index (κ2) is 4.95. The van der Waals surface area contributed by atoms with E-state index >= 15 is 0 Å². The van der Waals surface area contributed by atoms with Crippen LogP contribution in [0.15, 0.2) is 24.4 Å². The second-order valence-corrected chi connectivity index (χ2v) is 4.70. The van der Waals surface area contributed by atoms with E-state index in [1.165, 1.54) is 0 Å². The molecular weight excluding hydrogens is 210 g/mol. The molecule has 0 saturated carbocycles. The first kappa shape index (κ1) is 10.9. The average Bonchev–Trinajstić information content (AvgIpc) is 2.66. The molecule has 1 saturated heterocycles. The van der Waals surface area contributed by atoms with Crippen molar-refractivity contribution < 1.29 is 4.74 Å². The molecule has 2 rings (SSSR count). The average molecular weight is 226 g/mol. The van der Waals surface area contributed by atoms with E-state index in [2.05, 4.69) is 11.9 Å². The summed E-state index contributed by atoms with van der Waals surface area (Å²) in [5, 5.41) is 0.0393. The fourth-order valence-corrected chi connectivity index (χ4v) is 2.49. The SMILES string of the molecule is CC1CCOC1C(Cl)Cc1ccccn1. The number of ether oxygens (including phenoxy) is 1. The van der Waals surface area contributed by atoms with Crippen LogP contribution in [-0.2, 0) is 11.2 Å². The van der Waals surface area contributed by atoms with Gasteiger partial charge in [0.15, 0.2) is 0 Å². The van der Waals surface area contributed by atoms with Gasteiger partial charge in [0, 0.05) is 24.9 Å². The van der Waals surface area contributed by atoms with Gasteiger partial charge in [-0.3, -0.25) is 4.98 Å².